The lowest BCUT2D eigenvalue weighted by Crippen LogP contribution is -2.23. The van der Waals surface area contributed by atoms with Gasteiger partial charge in [-0.2, -0.15) is 8.42 Å². The lowest BCUT2D eigenvalue weighted by Gasteiger charge is -2.14. The second kappa shape index (κ2) is 7.45. The van der Waals surface area contributed by atoms with E-state index in [2.05, 4.69) is 5.32 Å². The molecule has 0 aromatic heterocycles. The highest BCUT2D eigenvalue weighted by Crippen LogP contribution is 2.23. The number of nitrogens with one attached hydrogen (secondary N) is 1. The summed E-state index contributed by atoms with van der Waals surface area (Å²) >= 11 is 0. The molecule has 2 aromatic carbocycles. The van der Waals surface area contributed by atoms with E-state index >= 15 is 0 Å². The van der Waals surface area contributed by atoms with E-state index in [0.717, 1.165) is 5.56 Å². The van der Waals surface area contributed by atoms with Crippen molar-refractivity contribution in [1.82, 2.24) is 0 Å². The Hall–Kier alpha value is -2.09. The van der Waals surface area contributed by atoms with Gasteiger partial charge in [0.15, 0.2) is 0 Å². The van der Waals surface area contributed by atoms with E-state index in [4.69, 9.17) is 9.29 Å². The Morgan fingerprint density at radius 3 is 2.52 bits per heavy atom. The predicted molar refractivity (Wildman–Crippen MR) is 87.0 cm³/mol. The standard InChI is InChI=1S/C16H19NO5S/c1-12-7-8-15(9-16(12)17-10-13(19)11-18)23(20,21)22-14-5-3-2-4-6-14/h2-9,13,17-19H,10-11H2,1H3. The van der Waals surface area contributed by atoms with Gasteiger partial charge in [-0.15, -0.1) is 0 Å². The second-order valence-electron chi connectivity index (χ2n) is 5.04. The first kappa shape index (κ1) is 17.3. The van der Waals surface area contributed by atoms with Gasteiger partial charge < -0.3 is 19.7 Å². The highest BCUT2D eigenvalue weighted by atomic mass is 32.2. The van der Waals surface area contributed by atoms with Crippen molar-refractivity contribution in [1.29, 1.82) is 0 Å². The van der Waals surface area contributed by atoms with Gasteiger partial charge in [-0.05, 0) is 36.8 Å². The van der Waals surface area contributed by atoms with Crippen LogP contribution in [0.4, 0.5) is 5.69 Å². The summed E-state index contributed by atoms with van der Waals surface area (Å²) in [4.78, 5) is 0.00735. The van der Waals surface area contributed by atoms with Gasteiger partial charge in [0.1, 0.15) is 10.6 Å². The van der Waals surface area contributed by atoms with Crippen molar-refractivity contribution in [2.45, 2.75) is 17.9 Å². The fraction of sp³-hybridized carbons (Fsp3) is 0.250. The third-order valence-corrected chi connectivity index (χ3v) is 4.43. The zero-order chi connectivity index (χ0) is 16.9. The minimum atomic E-state index is -3.95. The van der Waals surface area contributed by atoms with Crippen LogP contribution in [-0.2, 0) is 10.1 Å². The molecule has 0 bridgehead atoms. The zero-order valence-electron chi connectivity index (χ0n) is 12.6. The van der Waals surface area contributed by atoms with Crippen molar-refractivity contribution in [3.8, 4) is 5.75 Å². The maximum atomic E-state index is 12.3. The summed E-state index contributed by atoms with van der Waals surface area (Å²) in [5.74, 6) is 0.235. The summed E-state index contributed by atoms with van der Waals surface area (Å²) in [6, 6.07) is 12.8. The molecular weight excluding hydrogens is 318 g/mol. The number of rotatable bonds is 7. The van der Waals surface area contributed by atoms with Crippen LogP contribution in [0.15, 0.2) is 53.4 Å². The number of anilines is 1. The SMILES string of the molecule is Cc1ccc(S(=O)(=O)Oc2ccccc2)cc1NCC(O)CO. The Bertz CT molecular complexity index is 746. The lowest BCUT2D eigenvalue weighted by molar-refractivity contribution is 0.105. The Labute approximate surface area is 135 Å². The molecule has 0 spiro atoms. The van der Waals surface area contributed by atoms with Crippen LogP contribution in [0, 0.1) is 6.92 Å². The molecule has 7 heteroatoms. The number of para-hydroxylation sites is 1. The molecule has 0 saturated carbocycles. The van der Waals surface area contributed by atoms with Crippen molar-refractivity contribution >= 4 is 15.8 Å². The summed E-state index contributed by atoms with van der Waals surface area (Å²) in [5, 5.41) is 21.1. The Morgan fingerprint density at radius 2 is 1.87 bits per heavy atom. The summed E-state index contributed by atoms with van der Waals surface area (Å²) in [6.07, 6.45) is -0.921. The van der Waals surface area contributed by atoms with Gasteiger partial charge >= 0.3 is 10.1 Å². The van der Waals surface area contributed by atoms with E-state index in [0.29, 0.717) is 5.69 Å². The molecule has 6 nitrogen and oxygen atoms in total. The van der Waals surface area contributed by atoms with E-state index in [1.54, 1.807) is 36.4 Å². The van der Waals surface area contributed by atoms with E-state index in [1.165, 1.54) is 12.1 Å². The summed E-state index contributed by atoms with van der Waals surface area (Å²) in [5.41, 5.74) is 1.36. The van der Waals surface area contributed by atoms with Gasteiger partial charge in [-0.3, -0.25) is 0 Å². The molecule has 23 heavy (non-hydrogen) atoms. The van der Waals surface area contributed by atoms with Crippen molar-refractivity contribution in [3.05, 3.63) is 54.1 Å². The molecule has 0 aliphatic heterocycles. The Balaban J connectivity index is 2.22. The molecule has 1 unspecified atom stereocenters. The van der Waals surface area contributed by atoms with Crippen molar-refractivity contribution < 1.29 is 22.8 Å². The third-order valence-electron chi connectivity index (χ3n) is 3.19. The molecule has 0 heterocycles. The maximum Gasteiger partial charge on any atom is 0.339 e. The molecule has 0 aliphatic carbocycles. The molecule has 0 aliphatic rings. The topological polar surface area (TPSA) is 95.9 Å². The Kier molecular flexibility index (Phi) is 5.59. The van der Waals surface area contributed by atoms with E-state index < -0.39 is 16.2 Å². The molecule has 2 aromatic rings. The van der Waals surface area contributed by atoms with Crippen LogP contribution < -0.4 is 9.50 Å². The van der Waals surface area contributed by atoms with Crippen LogP contribution in [0.1, 0.15) is 5.56 Å². The quantitative estimate of drug-likeness (QED) is 0.663. The van der Waals surface area contributed by atoms with Crippen molar-refractivity contribution in [2.24, 2.45) is 0 Å². The molecule has 0 fully saturated rings. The smallest absolute Gasteiger partial charge is 0.339 e. The van der Waals surface area contributed by atoms with Crippen LogP contribution in [0.2, 0.25) is 0 Å². The minimum Gasteiger partial charge on any atom is -0.394 e. The van der Waals surface area contributed by atoms with Gasteiger partial charge in [0.05, 0.1) is 12.7 Å². The van der Waals surface area contributed by atoms with Crippen LogP contribution >= 0.6 is 0 Å². The van der Waals surface area contributed by atoms with Gasteiger partial charge in [0, 0.05) is 12.2 Å². The van der Waals surface area contributed by atoms with Gasteiger partial charge in [-0.1, -0.05) is 24.3 Å². The monoisotopic (exact) mass is 337 g/mol. The first-order chi connectivity index (χ1) is 10.9. The number of aliphatic hydroxyl groups is 2. The molecule has 124 valence electrons. The van der Waals surface area contributed by atoms with E-state index in [9.17, 15) is 13.5 Å². The molecule has 0 saturated heterocycles. The molecule has 3 N–H and O–H groups in total. The molecule has 0 radical (unpaired) electrons. The van der Waals surface area contributed by atoms with Gasteiger partial charge in [-0.25, -0.2) is 0 Å². The predicted octanol–water partition coefficient (Wildman–Crippen LogP) is 1.53. The summed E-state index contributed by atoms with van der Waals surface area (Å²) in [6.45, 7) is 1.55. The first-order valence-corrected chi connectivity index (χ1v) is 8.46. The van der Waals surface area contributed by atoms with Crippen LogP contribution in [0.3, 0.4) is 0 Å². The first-order valence-electron chi connectivity index (χ1n) is 7.05. The number of benzene rings is 2. The maximum absolute atomic E-state index is 12.3. The average molecular weight is 337 g/mol. The highest BCUT2D eigenvalue weighted by molar-refractivity contribution is 7.87. The van der Waals surface area contributed by atoms with Crippen molar-refractivity contribution in [3.63, 3.8) is 0 Å². The number of hydrogen-bond acceptors (Lipinski definition) is 6. The summed E-state index contributed by atoms with van der Waals surface area (Å²) in [7, 11) is -3.95. The average Bonchev–Trinajstić information content (AvgIpc) is 2.54. The number of hydrogen-bond donors (Lipinski definition) is 3. The van der Waals surface area contributed by atoms with Crippen molar-refractivity contribution in [2.75, 3.05) is 18.5 Å². The molecular formula is C16H19NO5S. The van der Waals surface area contributed by atoms with Gasteiger partial charge in [0.2, 0.25) is 0 Å². The van der Waals surface area contributed by atoms with Crippen LogP contribution in [-0.4, -0.2) is 37.9 Å². The lowest BCUT2D eigenvalue weighted by atomic mass is 10.2. The number of aliphatic hydroxyl groups excluding tert-OH is 2. The zero-order valence-corrected chi connectivity index (χ0v) is 13.5. The highest BCUT2D eigenvalue weighted by Gasteiger charge is 2.18. The fourth-order valence-electron chi connectivity index (χ4n) is 1.89. The largest absolute Gasteiger partial charge is 0.394 e. The molecule has 0 amide bonds. The van der Waals surface area contributed by atoms with E-state index in [1.807, 2.05) is 6.92 Å². The Morgan fingerprint density at radius 1 is 1.17 bits per heavy atom. The third kappa shape index (κ3) is 4.69. The minimum absolute atomic E-state index is 0.00735. The fourth-order valence-corrected chi connectivity index (χ4v) is 2.85. The van der Waals surface area contributed by atoms with E-state index in [-0.39, 0.29) is 23.8 Å². The summed E-state index contributed by atoms with van der Waals surface area (Å²) < 4.78 is 29.7. The van der Waals surface area contributed by atoms with Gasteiger partial charge in [0.25, 0.3) is 0 Å². The normalized spacial score (nSPS) is 12.7. The molecule has 2 rings (SSSR count). The second-order valence-corrected chi connectivity index (χ2v) is 6.59. The van der Waals surface area contributed by atoms with Crippen LogP contribution in [0.25, 0.3) is 0 Å². The molecule has 1 atom stereocenters. The number of aryl methyl sites for hydroxylation is 1. The van der Waals surface area contributed by atoms with Crippen LogP contribution in [0.5, 0.6) is 5.75 Å².